The van der Waals surface area contributed by atoms with E-state index in [2.05, 4.69) is 21.1 Å². The average Bonchev–Trinajstić information content (AvgIpc) is 3.24. The second-order valence-corrected chi connectivity index (χ2v) is 8.21. The first-order valence-corrected chi connectivity index (χ1v) is 10.6. The quantitative estimate of drug-likeness (QED) is 0.531. The fourth-order valence-electron chi connectivity index (χ4n) is 3.53. The van der Waals surface area contributed by atoms with Crippen LogP contribution in [-0.4, -0.2) is 58.7 Å². The van der Waals surface area contributed by atoms with E-state index in [-0.39, 0.29) is 23.4 Å². The van der Waals surface area contributed by atoms with Gasteiger partial charge in [-0.2, -0.15) is 0 Å². The molecule has 3 aromatic rings. The summed E-state index contributed by atoms with van der Waals surface area (Å²) in [4.78, 5) is 42.0. The molecule has 0 spiro atoms. The van der Waals surface area contributed by atoms with Gasteiger partial charge in [0.15, 0.2) is 5.78 Å². The highest BCUT2D eigenvalue weighted by Crippen LogP contribution is 2.20. The third-order valence-corrected chi connectivity index (χ3v) is 5.73. The lowest BCUT2D eigenvalue weighted by atomic mass is 9.97. The van der Waals surface area contributed by atoms with Crippen molar-refractivity contribution in [3.63, 3.8) is 0 Å². The molecule has 7 nitrogen and oxygen atoms in total. The van der Waals surface area contributed by atoms with Gasteiger partial charge in [-0.15, -0.1) is 0 Å². The highest BCUT2D eigenvalue weighted by atomic mass is 79.9. The molecule has 0 radical (unpaired) electrons. The number of rotatable bonds is 4. The van der Waals surface area contributed by atoms with Crippen molar-refractivity contribution in [2.24, 2.45) is 0 Å². The van der Waals surface area contributed by atoms with E-state index in [0.717, 1.165) is 4.47 Å². The fourth-order valence-corrected chi connectivity index (χ4v) is 3.79. The Bertz CT molecular complexity index is 1130. The number of amides is 2. The molecule has 1 aromatic heterocycles. The van der Waals surface area contributed by atoms with Gasteiger partial charge in [0.2, 0.25) is 5.76 Å². The molecule has 0 unspecified atom stereocenters. The number of ketones is 1. The average molecular weight is 482 g/mol. The molecule has 0 bridgehead atoms. The van der Waals surface area contributed by atoms with Gasteiger partial charge in [-0.1, -0.05) is 39.3 Å². The smallest absolute Gasteiger partial charge is 0.292 e. The number of halogens is 1. The Hall–Kier alpha value is -3.26. The highest BCUT2D eigenvalue weighted by Gasteiger charge is 2.29. The summed E-state index contributed by atoms with van der Waals surface area (Å²) in [5.41, 5.74) is 1.89. The summed E-state index contributed by atoms with van der Waals surface area (Å²) >= 11 is 3.36. The van der Waals surface area contributed by atoms with Crippen LogP contribution in [0.1, 0.15) is 42.5 Å². The first kappa shape index (κ1) is 21.0. The Kier molecular flexibility index (Phi) is 5.99. The van der Waals surface area contributed by atoms with Crippen molar-refractivity contribution in [3.8, 4) is 0 Å². The molecule has 4 rings (SSSR count). The number of carbonyl (C=O) groups is 3. The molecule has 0 N–H and O–H groups in total. The second-order valence-electron chi connectivity index (χ2n) is 7.30. The highest BCUT2D eigenvalue weighted by molar-refractivity contribution is 9.10. The standard InChI is InChI=1S/C23H20BrN3O4/c1-15-14-20(31-25-15)23(30)27-12-10-26(11-13-27)22(29)19-5-3-2-4-18(19)21(28)16-6-8-17(24)9-7-16/h2-9,14H,10-13H2,1H3. The normalized spacial score (nSPS) is 13.9. The molecule has 0 saturated carbocycles. The molecule has 0 atom stereocenters. The second kappa shape index (κ2) is 8.85. The molecule has 2 heterocycles. The number of piperazine rings is 1. The third kappa shape index (κ3) is 4.44. The SMILES string of the molecule is Cc1cc(C(=O)N2CCN(C(=O)c3ccccc3C(=O)c3ccc(Br)cc3)CC2)on1. The Morgan fingerprint density at radius 3 is 2.03 bits per heavy atom. The largest absolute Gasteiger partial charge is 0.351 e. The number of hydrogen-bond donors (Lipinski definition) is 0. The zero-order valence-corrected chi connectivity index (χ0v) is 18.5. The summed E-state index contributed by atoms with van der Waals surface area (Å²) < 4.78 is 5.93. The Morgan fingerprint density at radius 2 is 1.45 bits per heavy atom. The van der Waals surface area contributed by atoms with Gasteiger partial charge in [-0.25, -0.2) is 0 Å². The van der Waals surface area contributed by atoms with Crippen molar-refractivity contribution < 1.29 is 18.9 Å². The summed E-state index contributed by atoms with van der Waals surface area (Å²) in [7, 11) is 0. The van der Waals surface area contributed by atoms with Crippen molar-refractivity contribution in [1.29, 1.82) is 0 Å². The van der Waals surface area contributed by atoms with Crippen LogP contribution in [0.4, 0.5) is 0 Å². The van der Waals surface area contributed by atoms with Gasteiger partial charge in [0.05, 0.1) is 11.3 Å². The van der Waals surface area contributed by atoms with Crippen LogP contribution in [0.25, 0.3) is 0 Å². The van der Waals surface area contributed by atoms with E-state index >= 15 is 0 Å². The molecule has 1 saturated heterocycles. The van der Waals surface area contributed by atoms with Gasteiger partial charge in [-0.3, -0.25) is 14.4 Å². The molecule has 1 fully saturated rings. The number of aryl methyl sites for hydroxylation is 1. The minimum absolute atomic E-state index is 0.197. The predicted octanol–water partition coefficient (Wildman–Crippen LogP) is 3.57. The number of aromatic nitrogens is 1. The molecular weight excluding hydrogens is 462 g/mol. The van der Waals surface area contributed by atoms with Gasteiger partial charge in [0.1, 0.15) is 0 Å². The Balaban J connectivity index is 1.48. The zero-order valence-electron chi connectivity index (χ0n) is 16.9. The summed E-state index contributed by atoms with van der Waals surface area (Å²) in [6.45, 7) is 3.27. The number of benzene rings is 2. The summed E-state index contributed by atoms with van der Waals surface area (Å²) in [6, 6.07) is 15.5. The van der Waals surface area contributed by atoms with E-state index in [1.54, 1.807) is 71.3 Å². The van der Waals surface area contributed by atoms with E-state index in [9.17, 15) is 14.4 Å². The van der Waals surface area contributed by atoms with Gasteiger partial charge < -0.3 is 14.3 Å². The van der Waals surface area contributed by atoms with Crippen LogP contribution in [0.3, 0.4) is 0 Å². The number of nitrogens with zero attached hydrogens (tertiary/aromatic N) is 3. The number of carbonyl (C=O) groups excluding carboxylic acids is 3. The molecule has 158 valence electrons. The monoisotopic (exact) mass is 481 g/mol. The molecule has 2 aromatic carbocycles. The van der Waals surface area contributed by atoms with Crippen LogP contribution in [0.5, 0.6) is 0 Å². The molecular formula is C23H20BrN3O4. The van der Waals surface area contributed by atoms with Gasteiger partial charge in [0.25, 0.3) is 11.8 Å². The Morgan fingerprint density at radius 1 is 0.871 bits per heavy atom. The molecule has 8 heteroatoms. The van der Waals surface area contributed by atoms with Crippen LogP contribution in [0.15, 0.2) is 63.6 Å². The molecule has 2 amide bonds. The molecule has 31 heavy (non-hydrogen) atoms. The lowest BCUT2D eigenvalue weighted by Gasteiger charge is -2.34. The van der Waals surface area contributed by atoms with Crippen molar-refractivity contribution >= 4 is 33.5 Å². The van der Waals surface area contributed by atoms with Crippen LogP contribution in [-0.2, 0) is 0 Å². The third-order valence-electron chi connectivity index (χ3n) is 5.20. The Labute approximate surface area is 187 Å². The van der Waals surface area contributed by atoms with Gasteiger partial charge >= 0.3 is 0 Å². The lowest BCUT2D eigenvalue weighted by Crippen LogP contribution is -2.50. The van der Waals surface area contributed by atoms with E-state index in [0.29, 0.717) is 48.6 Å². The summed E-state index contributed by atoms with van der Waals surface area (Å²) in [5.74, 6) is -0.462. The summed E-state index contributed by atoms with van der Waals surface area (Å²) in [5, 5.41) is 3.75. The van der Waals surface area contributed by atoms with Crippen LogP contribution in [0.2, 0.25) is 0 Å². The summed E-state index contributed by atoms with van der Waals surface area (Å²) in [6.07, 6.45) is 0. The number of hydrogen-bond acceptors (Lipinski definition) is 5. The van der Waals surface area contributed by atoms with Crippen molar-refractivity contribution in [1.82, 2.24) is 15.0 Å². The zero-order chi connectivity index (χ0) is 22.0. The topological polar surface area (TPSA) is 83.7 Å². The fraction of sp³-hybridized carbons (Fsp3) is 0.217. The van der Waals surface area contributed by atoms with Crippen molar-refractivity contribution in [2.75, 3.05) is 26.2 Å². The predicted molar refractivity (Wildman–Crippen MR) is 117 cm³/mol. The van der Waals surface area contributed by atoms with E-state index < -0.39 is 0 Å². The maximum atomic E-state index is 13.2. The minimum atomic E-state index is -0.237. The molecule has 0 aliphatic carbocycles. The van der Waals surface area contributed by atoms with Crippen LogP contribution < -0.4 is 0 Å². The van der Waals surface area contributed by atoms with E-state index in [4.69, 9.17) is 4.52 Å². The maximum Gasteiger partial charge on any atom is 0.292 e. The molecule has 1 aliphatic heterocycles. The molecule has 1 aliphatic rings. The minimum Gasteiger partial charge on any atom is -0.351 e. The first-order valence-electron chi connectivity index (χ1n) is 9.85. The lowest BCUT2D eigenvalue weighted by molar-refractivity contribution is 0.0512. The van der Waals surface area contributed by atoms with Gasteiger partial charge in [-0.05, 0) is 37.3 Å². The van der Waals surface area contributed by atoms with Crippen molar-refractivity contribution in [2.45, 2.75) is 6.92 Å². The van der Waals surface area contributed by atoms with Crippen LogP contribution in [0, 0.1) is 6.92 Å². The maximum absolute atomic E-state index is 13.2. The van der Waals surface area contributed by atoms with Crippen molar-refractivity contribution in [3.05, 3.63) is 87.2 Å². The van der Waals surface area contributed by atoms with E-state index in [1.807, 2.05) is 0 Å². The van der Waals surface area contributed by atoms with E-state index in [1.165, 1.54) is 0 Å². The van der Waals surface area contributed by atoms with Crippen LogP contribution >= 0.6 is 15.9 Å². The first-order chi connectivity index (χ1) is 14.9. The van der Waals surface area contributed by atoms with Gasteiger partial charge in [0, 0.05) is 47.8 Å².